The fourth-order valence-electron chi connectivity index (χ4n) is 3.37. The van der Waals surface area contributed by atoms with Crippen molar-refractivity contribution in [3.63, 3.8) is 0 Å². The lowest BCUT2D eigenvalue weighted by atomic mass is 10.1. The molecule has 0 atom stereocenters. The Morgan fingerprint density at radius 3 is 1.82 bits per heavy atom. The Labute approximate surface area is 229 Å². The number of hydrogen-bond acceptors (Lipinski definition) is 10. The number of carbonyl (C=O) groups excluding carboxylic acids is 2. The number of esters is 2. The summed E-state index contributed by atoms with van der Waals surface area (Å²) >= 11 is 2.68. The zero-order chi connectivity index (χ0) is 28.8. The van der Waals surface area contributed by atoms with Gasteiger partial charge < -0.3 is 18.8 Å². The molecule has 0 saturated heterocycles. The van der Waals surface area contributed by atoms with Gasteiger partial charge >= 0.3 is 27.6 Å². The van der Waals surface area contributed by atoms with Crippen LogP contribution < -0.4 is 4.18 Å². The summed E-state index contributed by atoms with van der Waals surface area (Å²) in [6.07, 6.45) is 0.313. The highest BCUT2D eigenvalue weighted by atomic mass is 32.2. The Morgan fingerprint density at radius 1 is 0.846 bits per heavy atom. The van der Waals surface area contributed by atoms with Crippen molar-refractivity contribution < 1.29 is 49.9 Å². The van der Waals surface area contributed by atoms with E-state index in [2.05, 4.69) is 4.18 Å². The van der Waals surface area contributed by atoms with Gasteiger partial charge in [0.05, 0.1) is 26.1 Å². The molecule has 0 aliphatic heterocycles. The molecule has 0 bridgehead atoms. The van der Waals surface area contributed by atoms with Crippen LogP contribution in [0.1, 0.15) is 25.0 Å². The van der Waals surface area contributed by atoms with E-state index in [0.29, 0.717) is 28.7 Å². The van der Waals surface area contributed by atoms with Gasteiger partial charge in [-0.2, -0.15) is 21.6 Å². The van der Waals surface area contributed by atoms with Crippen LogP contribution in [0, 0.1) is 0 Å². The molecule has 2 aromatic carbocycles. The van der Waals surface area contributed by atoms with Crippen LogP contribution in [-0.4, -0.2) is 44.2 Å². The van der Waals surface area contributed by atoms with Crippen molar-refractivity contribution in [2.75, 3.05) is 13.2 Å². The second kappa shape index (κ2) is 12.7. The second-order valence-electron chi connectivity index (χ2n) is 7.81. The maximum absolute atomic E-state index is 12.3. The highest BCUT2D eigenvalue weighted by Crippen LogP contribution is 2.33. The molecule has 210 valence electrons. The number of thiophene rings is 2. The second-order valence-corrected chi connectivity index (χ2v) is 11.2. The topological polar surface area (TPSA) is 116 Å². The molecule has 0 unspecified atom stereocenters. The van der Waals surface area contributed by atoms with Gasteiger partial charge in [-0.1, -0.05) is 0 Å². The van der Waals surface area contributed by atoms with Crippen LogP contribution in [0.4, 0.5) is 13.2 Å². The van der Waals surface area contributed by atoms with Crippen molar-refractivity contribution in [2.24, 2.45) is 0 Å². The SMILES string of the molecule is CCOC(=O)Cc1csc2cc(O)ccc12.CCOC(=O)Cc1csc2cc(OS(=O)(=O)C(F)(F)F)ccc12. The van der Waals surface area contributed by atoms with E-state index >= 15 is 0 Å². The summed E-state index contributed by atoms with van der Waals surface area (Å²) in [5.74, 6) is -0.834. The van der Waals surface area contributed by atoms with Gasteiger partial charge in [0, 0.05) is 9.40 Å². The minimum atomic E-state index is -5.71. The van der Waals surface area contributed by atoms with Crippen LogP contribution in [0.15, 0.2) is 47.2 Å². The van der Waals surface area contributed by atoms with Crippen molar-refractivity contribution in [3.05, 3.63) is 58.3 Å². The Morgan fingerprint density at radius 2 is 1.33 bits per heavy atom. The quantitative estimate of drug-likeness (QED) is 0.149. The largest absolute Gasteiger partial charge is 0.534 e. The fourth-order valence-corrected chi connectivity index (χ4v) is 5.81. The van der Waals surface area contributed by atoms with E-state index in [-0.39, 0.29) is 24.7 Å². The normalized spacial score (nSPS) is 11.6. The average molecular weight is 605 g/mol. The van der Waals surface area contributed by atoms with Crippen LogP contribution in [0.5, 0.6) is 11.5 Å². The number of aromatic hydroxyl groups is 1. The number of carbonyl (C=O) groups is 2. The lowest BCUT2D eigenvalue weighted by molar-refractivity contribution is -0.143. The molecular weight excluding hydrogens is 581 g/mol. The van der Waals surface area contributed by atoms with E-state index < -0.39 is 27.3 Å². The summed E-state index contributed by atoms with van der Waals surface area (Å²) in [6, 6.07) is 8.85. The van der Waals surface area contributed by atoms with Crippen molar-refractivity contribution in [1.29, 1.82) is 0 Å². The standard InChI is InChI=1S/C13H11F3O5S2.C12H12O3S/c1-2-20-12(17)5-8-7-22-11-6-9(3-4-10(8)11)21-23(18,19)13(14,15)16;1-2-15-12(14)5-8-7-16-11-6-9(13)3-4-10(8)11/h3-4,6-7H,2,5H2,1H3;3-4,6-7,13H,2,5H2,1H3. The number of ether oxygens (including phenoxy) is 2. The molecule has 0 radical (unpaired) electrons. The Balaban J connectivity index is 0.000000230. The third-order valence-corrected chi connectivity index (χ3v) is 8.00. The highest BCUT2D eigenvalue weighted by Gasteiger charge is 2.48. The van der Waals surface area contributed by atoms with Gasteiger partial charge in [-0.05, 0) is 82.9 Å². The van der Waals surface area contributed by atoms with Crippen molar-refractivity contribution in [3.8, 4) is 11.5 Å². The van der Waals surface area contributed by atoms with Gasteiger partial charge in [-0.15, -0.1) is 22.7 Å². The maximum Gasteiger partial charge on any atom is 0.534 e. The molecule has 0 amide bonds. The van der Waals surface area contributed by atoms with Gasteiger partial charge in [-0.25, -0.2) is 0 Å². The molecule has 39 heavy (non-hydrogen) atoms. The molecule has 4 rings (SSSR count). The summed E-state index contributed by atoms with van der Waals surface area (Å²) in [5.41, 5.74) is -3.89. The molecule has 8 nitrogen and oxygen atoms in total. The third-order valence-electron chi connectivity index (χ3n) is 5.04. The molecule has 14 heteroatoms. The molecule has 4 aromatic rings. The highest BCUT2D eigenvalue weighted by molar-refractivity contribution is 7.88. The van der Waals surface area contributed by atoms with E-state index in [9.17, 15) is 36.3 Å². The Bertz CT molecular complexity index is 1570. The van der Waals surface area contributed by atoms with Gasteiger partial charge in [0.15, 0.2) is 0 Å². The van der Waals surface area contributed by atoms with Crippen LogP contribution >= 0.6 is 22.7 Å². The molecule has 0 saturated carbocycles. The van der Waals surface area contributed by atoms with Crippen LogP contribution in [0.25, 0.3) is 20.2 Å². The zero-order valence-electron chi connectivity index (χ0n) is 20.6. The summed E-state index contributed by atoms with van der Waals surface area (Å²) in [7, 11) is -5.71. The van der Waals surface area contributed by atoms with Crippen molar-refractivity contribution >= 4 is 64.9 Å². The summed E-state index contributed by atoms with van der Waals surface area (Å²) in [6.45, 7) is 4.12. The minimum absolute atomic E-state index is 0.0227. The number of phenols is 1. The van der Waals surface area contributed by atoms with E-state index in [0.717, 1.165) is 33.1 Å². The number of phenolic OH excluding ortho intramolecular Hbond substituents is 1. The smallest absolute Gasteiger partial charge is 0.508 e. The summed E-state index contributed by atoms with van der Waals surface area (Å²) in [5, 5.41) is 14.5. The molecule has 1 N–H and O–H groups in total. The molecule has 0 aliphatic carbocycles. The monoisotopic (exact) mass is 604 g/mol. The lowest BCUT2D eigenvalue weighted by Gasteiger charge is -2.09. The van der Waals surface area contributed by atoms with Gasteiger partial charge in [0.2, 0.25) is 0 Å². The third kappa shape index (κ3) is 7.83. The number of rotatable bonds is 8. The van der Waals surface area contributed by atoms with Crippen molar-refractivity contribution in [2.45, 2.75) is 32.2 Å². The first-order valence-corrected chi connectivity index (χ1v) is 14.5. The lowest BCUT2D eigenvalue weighted by Crippen LogP contribution is -2.28. The summed E-state index contributed by atoms with van der Waals surface area (Å²) < 4.78 is 74.1. The first kappa shape index (κ1) is 30.2. The van der Waals surface area contributed by atoms with E-state index in [1.54, 1.807) is 31.4 Å². The predicted molar refractivity (Wildman–Crippen MR) is 142 cm³/mol. The van der Waals surface area contributed by atoms with Gasteiger partial charge in [0.25, 0.3) is 0 Å². The fraction of sp³-hybridized carbons (Fsp3) is 0.280. The number of hydrogen-bond donors (Lipinski definition) is 1. The number of benzene rings is 2. The molecule has 0 aliphatic rings. The number of alkyl halides is 3. The predicted octanol–water partition coefficient (Wildman–Crippen LogP) is 5.95. The summed E-state index contributed by atoms with van der Waals surface area (Å²) in [4.78, 5) is 22.8. The first-order valence-electron chi connectivity index (χ1n) is 11.4. The van der Waals surface area contributed by atoms with Crippen molar-refractivity contribution in [1.82, 2.24) is 0 Å². The Kier molecular flexibility index (Phi) is 9.80. The van der Waals surface area contributed by atoms with E-state index in [4.69, 9.17) is 9.47 Å². The van der Waals surface area contributed by atoms with Crippen LogP contribution in [-0.2, 0) is 42.0 Å². The minimum Gasteiger partial charge on any atom is -0.508 e. The molecule has 2 heterocycles. The average Bonchev–Trinajstić information content (AvgIpc) is 3.42. The first-order chi connectivity index (χ1) is 18.3. The van der Waals surface area contributed by atoms with Crippen LogP contribution in [0.2, 0.25) is 0 Å². The molecule has 0 fully saturated rings. The van der Waals surface area contributed by atoms with Gasteiger partial charge in [0.1, 0.15) is 11.5 Å². The molecule has 2 aromatic heterocycles. The van der Waals surface area contributed by atoms with Gasteiger partial charge in [-0.3, -0.25) is 9.59 Å². The molecular formula is C25H23F3O8S3. The van der Waals surface area contributed by atoms with E-state index in [1.807, 2.05) is 11.4 Å². The molecule has 0 spiro atoms. The maximum atomic E-state index is 12.3. The number of halogens is 3. The number of fused-ring (bicyclic) bond motifs is 2. The Hall–Kier alpha value is -3.36. The van der Waals surface area contributed by atoms with E-state index in [1.165, 1.54) is 23.5 Å². The zero-order valence-corrected chi connectivity index (χ0v) is 23.1. The van der Waals surface area contributed by atoms with Crippen LogP contribution in [0.3, 0.4) is 0 Å².